The van der Waals surface area contributed by atoms with Crippen LogP contribution in [0.25, 0.3) is 10.9 Å². The fourth-order valence-corrected chi connectivity index (χ4v) is 2.54. The van der Waals surface area contributed by atoms with Gasteiger partial charge in [-0.15, -0.1) is 0 Å². The van der Waals surface area contributed by atoms with Crippen molar-refractivity contribution in [1.82, 2.24) is 14.9 Å². The van der Waals surface area contributed by atoms with E-state index in [4.69, 9.17) is 10.8 Å². The molecule has 1 saturated heterocycles. The normalized spacial score (nSPS) is 16.8. The summed E-state index contributed by atoms with van der Waals surface area (Å²) in [6, 6.07) is 7.79. The van der Waals surface area contributed by atoms with E-state index in [2.05, 4.69) is 19.8 Å². The van der Waals surface area contributed by atoms with E-state index in [0.717, 1.165) is 43.6 Å². The molecule has 6 heteroatoms. The molecule has 1 aliphatic heterocycles. The molecular formula is C14H19N5O. The second-order valence-corrected chi connectivity index (χ2v) is 4.98. The lowest BCUT2D eigenvalue weighted by molar-refractivity contribution is 0.188. The molecule has 6 nitrogen and oxygen atoms in total. The van der Waals surface area contributed by atoms with Crippen molar-refractivity contribution in [2.75, 3.05) is 50.0 Å². The molecule has 0 aliphatic carbocycles. The highest BCUT2D eigenvalue weighted by atomic mass is 16.3. The van der Waals surface area contributed by atoms with Crippen LogP contribution in [-0.2, 0) is 0 Å². The number of nitrogens with zero attached hydrogens (tertiary/aromatic N) is 4. The van der Waals surface area contributed by atoms with Gasteiger partial charge in [-0.05, 0) is 12.1 Å². The number of para-hydroxylation sites is 1. The van der Waals surface area contributed by atoms with E-state index in [0.29, 0.717) is 11.8 Å². The first-order valence-electron chi connectivity index (χ1n) is 6.88. The van der Waals surface area contributed by atoms with E-state index in [1.165, 1.54) is 0 Å². The lowest BCUT2D eigenvalue weighted by Crippen LogP contribution is -2.47. The molecule has 0 atom stereocenters. The number of nitrogens with two attached hydrogens (primary N) is 1. The molecule has 0 saturated carbocycles. The summed E-state index contributed by atoms with van der Waals surface area (Å²) in [7, 11) is 0. The minimum atomic E-state index is 0.208. The molecule has 2 aromatic rings. The maximum atomic E-state index is 8.96. The van der Waals surface area contributed by atoms with Crippen molar-refractivity contribution in [2.24, 2.45) is 0 Å². The quantitative estimate of drug-likeness (QED) is 0.839. The van der Waals surface area contributed by atoms with E-state index < -0.39 is 0 Å². The fraction of sp³-hybridized carbons (Fsp3) is 0.429. The van der Waals surface area contributed by atoms with E-state index >= 15 is 0 Å². The molecule has 20 heavy (non-hydrogen) atoms. The van der Waals surface area contributed by atoms with Crippen molar-refractivity contribution in [3.05, 3.63) is 24.3 Å². The van der Waals surface area contributed by atoms with Crippen molar-refractivity contribution in [1.29, 1.82) is 0 Å². The van der Waals surface area contributed by atoms with Crippen LogP contribution in [0.5, 0.6) is 0 Å². The standard InChI is InChI=1S/C14H19N5O/c15-13-11-3-1-2-4-12(11)16-14(17-13)19-7-5-18(6-8-19)9-10-20/h1-4,20H,5-10H2,(H2,15,16,17). The van der Waals surface area contributed by atoms with Crippen molar-refractivity contribution in [2.45, 2.75) is 0 Å². The van der Waals surface area contributed by atoms with Crippen molar-refractivity contribution in [3.8, 4) is 0 Å². The number of aliphatic hydroxyl groups excluding tert-OH is 1. The molecule has 106 valence electrons. The molecule has 2 heterocycles. The molecule has 1 aliphatic rings. The van der Waals surface area contributed by atoms with Gasteiger partial charge in [0, 0.05) is 38.1 Å². The highest BCUT2D eigenvalue weighted by Gasteiger charge is 2.19. The van der Waals surface area contributed by atoms with E-state index in [1.807, 2.05) is 24.3 Å². The lowest BCUT2D eigenvalue weighted by Gasteiger charge is -2.34. The Labute approximate surface area is 117 Å². The van der Waals surface area contributed by atoms with Gasteiger partial charge in [0.05, 0.1) is 12.1 Å². The molecule has 3 N–H and O–H groups in total. The first-order chi connectivity index (χ1) is 9.78. The number of aromatic nitrogens is 2. The Morgan fingerprint density at radius 1 is 1.10 bits per heavy atom. The molecule has 0 radical (unpaired) electrons. The second-order valence-electron chi connectivity index (χ2n) is 4.98. The van der Waals surface area contributed by atoms with Crippen LogP contribution >= 0.6 is 0 Å². The average Bonchev–Trinajstić information content (AvgIpc) is 2.48. The number of fused-ring (bicyclic) bond motifs is 1. The smallest absolute Gasteiger partial charge is 0.227 e. The second kappa shape index (κ2) is 5.60. The average molecular weight is 273 g/mol. The topological polar surface area (TPSA) is 78.5 Å². The first kappa shape index (κ1) is 13.1. The number of hydrogen-bond donors (Lipinski definition) is 2. The summed E-state index contributed by atoms with van der Waals surface area (Å²) in [5.41, 5.74) is 6.90. The third-order valence-corrected chi connectivity index (χ3v) is 3.69. The van der Waals surface area contributed by atoms with Gasteiger partial charge in [-0.1, -0.05) is 12.1 Å². The van der Waals surface area contributed by atoms with Gasteiger partial charge in [0.1, 0.15) is 5.82 Å². The van der Waals surface area contributed by atoms with Crippen molar-refractivity contribution in [3.63, 3.8) is 0 Å². The van der Waals surface area contributed by atoms with Gasteiger partial charge in [-0.3, -0.25) is 4.90 Å². The number of β-amino-alcohol motifs (C(OH)–C–C–N with tert-alkyl or cyclic N) is 1. The van der Waals surface area contributed by atoms with Crippen LogP contribution in [0.2, 0.25) is 0 Å². The number of anilines is 2. The molecular weight excluding hydrogens is 254 g/mol. The van der Waals surface area contributed by atoms with Crippen LogP contribution in [0.15, 0.2) is 24.3 Å². The van der Waals surface area contributed by atoms with Crippen LogP contribution in [0.4, 0.5) is 11.8 Å². The molecule has 0 spiro atoms. The fourth-order valence-electron chi connectivity index (χ4n) is 2.54. The molecule has 3 rings (SSSR count). The number of rotatable bonds is 3. The summed E-state index contributed by atoms with van der Waals surface area (Å²) in [6.07, 6.45) is 0. The lowest BCUT2D eigenvalue weighted by atomic mass is 10.2. The van der Waals surface area contributed by atoms with Crippen LogP contribution in [0, 0.1) is 0 Å². The zero-order valence-electron chi connectivity index (χ0n) is 11.4. The predicted molar refractivity (Wildman–Crippen MR) is 79.7 cm³/mol. The van der Waals surface area contributed by atoms with Crippen LogP contribution in [0.3, 0.4) is 0 Å². The van der Waals surface area contributed by atoms with Crippen LogP contribution in [-0.4, -0.2) is 59.3 Å². The summed E-state index contributed by atoms with van der Waals surface area (Å²) in [4.78, 5) is 13.4. The molecule has 0 bridgehead atoms. The Balaban J connectivity index is 1.81. The van der Waals surface area contributed by atoms with E-state index in [-0.39, 0.29) is 6.61 Å². The molecule has 0 unspecified atom stereocenters. The summed E-state index contributed by atoms with van der Waals surface area (Å²) in [5, 5.41) is 9.86. The Hall–Kier alpha value is -1.92. The van der Waals surface area contributed by atoms with Gasteiger partial charge in [-0.2, -0.15) is 4.98 Å². The Morgan fingerprint density at radius 2 is 1.85 bits per heavy atom. The SMILES string of the molecule is Nc1nc(N2CCN(CCO)CC2)nc2ccccc12. The van der Waals surface area contributed by atoms with E-state index in [1.54, 1.807) is 0 Å². The van der Waals surface area contributed by atoms with E-state index in [9.17, 15) is 0 Å². The number of piperazine rings is 1. The highest BCUT2D eigenvalue weighted by molar-refractivity contribution is 5.88. The number of nitrogen functional groups attached to an aromatic ring is 1. The Morgan fingerprint density at radius 3 is 2.60 bits per heavy atom. The predicted octanol–water partition coefficient (Wildman–Crippen LogP) is 0.326. The highest BCUT2D eigenvalue weighted by Crippen LogP contribution is 2.21. The Kier molecular flexibility index (Phi) is 3.66. The molecule has 1 aromatic carbocycles. The first-order valence-corrected chi connectivity index (χ1v) is 6.88. The van der Waals surface area contributed by atoms with Gasteiger partial charge >= 0.3 is 0 Å². The minimum Gasteiger partial charge on any atom is -0.395 e. The van der Waals surface area contributed by atoms with Gasteiger partial charge in [0.2, 0.25) is 5.95 Å². The minimum absolute atomic E-state index is 0.208. The summed E-state index contributed by atoms with van der Waals surface area (Å²) in [5.74, 6) is 1.23. The van der Waals surface area contributed by atoms with Crippen LogP contribution in [0.1, 0.15) is 0 Å². The third-order valence-electron chi connectivity index (χ3n) is 3.69. The summed E-state index contributed by atoms with van der Waals surface area (Å²) < 4.78 is 0. The zero-order chi connectivity index (χ0) is 13.9. The summed E-state index contributed by atoms with van der Waals surface area (Å²) >= 11 is 0. The van der Waals surface area contributed by atoms with Gasteiger partial charge < -0.3 is 15.7 Å². The number of benzene rings is 1. The molecule has 1 fully saturated rings. The van der Waals surface area contributed by atoms with Gasteiger partial charge in [-0.25, -0.2) is 4.98 Å². The number of hydrogen-bond acceptors (Lipinski definition) is 6. The van der Waals surface area contributed by atoms with Crippen LogP contribution < -0.4 is 10.6 Å². The Bertz CT molecular complexity index is 595. The summed E-state index contributed by atoms with van der Waals surface area (Å²) in [6.45, 7) is 4.48. The van der Waals surface area contributed by atoms with Crippen molar-refractivity contribution < 1.29 is 5.11 Å². The molecule has 1 aromatic heterocycles. The van der Waals surface area contributed by atoms with Gasteiger partial charge in [0.15, 0.2) is 0 Å². The maximum absolute atomic E-state index is 8.96. The van der Waals surface area contributed by atoms with Gasteiger partial charge in [0.25, 0.3) is 0 Å². The zero-order valence-corrected chi connectivity index (χ0v) is 11.4. The largest absolute Gasteiger partial charge is 0.395 e. The third kappa shape index (κ3) is 2.52. The van der Waals surface area contributed by atoms with Crippen molar-refractivity contribution >= 4 is 22.7 Å². The molecule has 0 amide bonds. The monoisotopic (exact) mass is 273 g/mol. The number of aliphatic hydroxyl groups is 1. The maximum Gasteiger partial charge on any atom is 0.227 e.